The predicted molar refractivity (Wildman–Crippen MR) is 229 cm³/mol. The van der Waals surface area contributed by atoms with E-state index in [1.165, 1.54) is 11.1 Å². The molecule has 0 bridgehead atoms. The fraction of sp³-hybridized carbons (Fsp3) is 0. The van der Waals surface area contributed by atoms with Crippen molar-refractivity contribution in [3.63, 3.8) is 0 Å². The molecule has 11 aromatic rings. The summed E-state index contributed by atoms with van der Waals surface area (Å²) >= 11 is 0. The molecule has 56 heavy (non-hydrogen) atoms. The Morgan fingerprint density at radius 2 is 0.786 bits per heavy atom. The topological polar surface area (TPSA) is 56.7 Å². The quantitative estimate of drug-likeness (QED) is 0.172. The first kappa shape index (κ1) is 31.9. The van der Waals surface area contributed by atoms with E-state index in [4.69, 9.17) is 19.4 Å². The number of benzene rings is 8. The third-order valence-electron chi connectivity index (χ3n) is 10.7. The molecular weight excluding hydrogens is 685 g/mol. The van der Waals surface area contributed by atoms with Gasteiger partial charge in [-0.25, -0.2) is 4.98 Å². The summed E-state index contributed by atoms with van der Waals surface area (Å²) in [5.41, 5.74) is 12.4. The molecule has 0 saturated heterocycles. The van der Waals surface area contributed by atoms with E-state index in [2.05, 4.69) is 156 Å². The van der Waals surface area contributed by atoms with Crippen molar-refractivity contribution in [2.75, 3.05) is 0 Å². The number of hydrogen-bond acceptors (Lipinski definition) is 4. The Labute approximate surface area is 322 Å². The smallest absolute Gasteiger partial charge is 0.238 e. The van der Waals surface area contributed by atoms with Crippen LogP contribution in [0, 0.1) is 0 Å². The second-order valence-electron chi connectivity index (χ2n) is 14.1. The molecule has 0 fully saturated rings. The van der Waals surface area contributed by atoms with Gasteiger partial charge in [-0.05, 0) is 69.8 Å². The highest BCUT2D eigenvalue weighted by Gasteiger charge is 2.19. The van der Waals surface area contributed by atoms with E-state index in [-0.39, 0.29) is 0 Å². The molecule has 3 aromatic heterocycles. The van der Waals surface area contributed by atoms with E-state index in [0.29, 0.717) is 17.6 Å². The van der Waals surface area contributed by atoms with Crippen LogP contribution in [0.5, 0.6) is 0 Å². The molecule has 0 atom stereocenters. The zero-order chi connectivity index (χ0) is 37.0. The van der Waals surface area contributed by atoms with Crippen molar-refractivity contribution >= 4 is 43.7 Å². The summed E-state index contributed by atoms with van der Waals surface area (Å²) in [5.74, 6) is 1.80. The van der Waals surface area contributed by atoms with Crippen molar-refractivity contribution in [1.29, 1.82) is 0 Å². The van der Waals surface area contributed by atoms with Crippen molar-refractivity contribution in [2.45, 2.75) is 0 Å². The molecular formula is C51H32N4O. The lowest BCUT2D eigenvalue weighted by Gasteiger charge is -2.12. The number of fused-ring (bicyclic) bond motifs is 6. The van der Waals surface area contributed by atoms with Gasteiger partial charge in [-0.15, -0.1) is 0 Å². The van der Waals surface area contributed by atoms with E-state index in [9.17, 15) is 0 Å². The second kappa shape index (κ2) is 13.0. The Morgan fingerprint density at radius 3 is 1.50 bits per heavy atom. The minimum absolute atomic E-state index is 0.565. The van der Waals surface area contributed by atoms with Crippen LogP contribution in [0.3, 0.4) is 0 Å². The van der Waals surface area contributed by atoms with Crippen LogP contribution < -0.4 is 0 Å². The molecule has 262 valence electrons. The SMILES string of the molecule is c1ccc(-c2ccc(-c3nc(-c4ccccc4)nc(-n4c5ccccc5c5ccc(-c6ccc7oc8cc(-c9ccccc9)ccc8c7c6)cc54)n3)cc2)cc1. The van der Waals surface area contributed by atoms with Crippen LogP contribution in [0.2, 0.25) is 0 Å². The third kappa shape index (κ3) is 5.45. The lowest BCUT2D eigenvalue weighted by atomic mass is 10.00. The van der Waals surface area contributed by atoms with E-state index < -0.39 is 0 Å². The van der Waals surface area contributed by atoms with Gasteiger partial charge in [-0.2, -0.15) is 9.97 Å². The number of aromatic nitrogens is 4. The maximum Gasteiger partial charge on any atom is 0.238 e. The fourth-order valence-electron chi connectivity index (χ4n) is 7.89. The summed E-state index contributed by atoms with van der Waals surface area (Å²) < 4.78 is 8.57. The highest BCUT2D eigenvalue weighted by atomic mass is 16.3. The molecule has 5 heteroatoms. The van der Waals surface area contributed by atoms with Crippen LogP contribution in [0.1, 0.15) is 0 Å². The van der Waals surface area contributed by atoms with Gasteiger partial charge in [0.15, 0.2) is 11.6 Å². The first-order valence-corrected chi connectivity index (χ1v) is 18.8. The minimum atomic E-state index is 0.565. The molecule has 0 spiro atoms. The summed E-state index contributed by atoms with van der Waals surface area (Å²) in [7, 11) is 0. The number of nitrogens with zero attached hydrogens (tertiary/aromatic N) is 4. The van der Waals surface area contributed by atoms with Crippen molar-refractivity contribution < 1.29 is 4.42 Å². The number of rotatable bonds is 6. The van der Waals surface area contributed by atoms with Gasteiger partial charge in [0.1, 0.15) is 11.2 Å². The summed E-state index contributed by atoms with van der Waals surface area (Å²) in [4.78, 5) is 15.4. The number of furan rings is 1. The van der Waals surface area contributed by atoms with E-state index in [0.717, 1.165) is 77.1 Å². The Morgan fingerprint density at radius 1 is 0.304 bits per heavy atom. The summed E-state index contributed by atoms with van der Waals surface area (Å²) in [6.45, 7) is 0. The second-order valence-corrected chi connectivity index (χ2v) is 14.1. The average Bonchev–Trinajstić information content (AvgIpc) is 3.82. The third-order valence-corrected chi connectivity index (χ3v) is 10.7. The average molecular weight is 717 g/mol. The van der Waals surface area contributed by atoms with Gasteiger partial charge in [0, 0.05) is 32.7 Å². The maximum atomic E-state index is 6.39. The molecule has 0 amide bonds. The van der Waals surface area contributed by atoms with E-state index in [1.807, 2.05) is 42.5 Å². The number of hydrogen-bond donors (Lipinski definition) is 0. The van der Waals surface area contributed by atoms with Gasteiger partial charge in [-0.3, -0.25) is 4.57 Å². The minimum Gasteiger partial charge on any atom is -0.456 e. The van der Waals surface area contributed by atoms with Crippen LogP contribution in [0.25, 0.3) is 106 Å². The van der Waals surface area contributed by atoms with Gasteiger partial charge in [0.05, 0.1) is 11.0 Å². The zero-order valence-electron chi connectivity index (χ0n) is 30.2. The summed E-state index contributed by atoms with van der Waals surface area (Å²) in [5, 5.41) is 4.45. The molecule has 0 unspecified atom stereocenters. The highest BCUT2D eigenvalue weighted by Crippen LogP contribution is 2.38. The van der Waals surface area contributed by atoms with Crippen LogP contribution in [0.15, 0.2) is 199 Å². The lowest BCUT2D eigenvalue weighted by Crippen LogP contribution is -2.06. The summed E-state index contributed by atoms with van der Waals surface area (Å²) in [6, 6.07) is 67.5. The van der Waals surface area contributed by atoms with Crippen LogP contribution in [-0.4, -0.2) is 19.5 Å². The van der Waals surface area contributed by atoms with Crippen LogP contribution in [0.4, 0.5) is 0 Å². The Hall–Kier alpha value is -7.63. The molecule has 0 aliphatic carbocycles. The summed E-state index contributed by atoms with van der Waals surface area (Å²) in [6.07, 6.45) is 0. The molecule has 8 aromatic carbocycles. The molecule has 0 N–H and O–H groups in total. The van der Waals surface area contributed by atoms with Gasteiger partial charge < -0.3 is 4.42 Å². The Bertz CT molecular complexity index is 3220. The van der Waals surface area contributed by atoms with Gasteiger partial charge >= 0.3 is 0 Å². The standard InChI is InChI=1S/C51H32N4O/c1-4-12-33(13-5-1)35-20-22-37(23-21-35)50-52-49(36-16-8-3-9-17-36)53-51(54-50)55-45-19-11-10-18-41(45)42-27-24-39(31-46(42)55)38-26-29-47-44(30-38)43-28-25-40(32-48(43)56-47)34-14-6-2-7-15-34/h1-32H. The normalized spacial score (nSPS) is 11.6. The van der Waals surface area contributed by atoms with Crippen LogP contribution in [-0.2, 0) is 0 Å². The molecule has 0 aliphatic heterocycles. The van der Waals surface area contributed by atoms with E-state index in [1.54, 1.807) is 0 Å². The maximum absolute atomic E-state index is 6.39. The highest BCUT2D eigenvalue weighted by molar-refractivity contribution is 6.11. The lowest BCUT2D eigenvalue weighted by molar-refractivity contribution is 0.669. The molecule has 3 heterocycles. The molecule has 0 radical (unpaired) electrons. The van der Waals surface area contributed by atoms with Gasteiger partial charge in [-0.1, -0.05) is 158 Å². The predicted octanol–water partition coefficient (Wildman–Crippen LogP) is 13.2. The van der Waals surface area contributed by atoms with Crippen molar-refractivity contribution in [3.05, 3.63) is 194 Å². The van der Waals surface area contributed by atoms with Crippen molar-refractivity contribution in [1.82, 2.24) is 19.5 Å². The molecule has 11 rings (SSSR count). The first-order chi connectivity index (χ1) is 27.7. The Balaban J connectivity index is 1.07. The zero-order valence-corrected chi connectivity index (χ0v) is 30.2. The largest absolute Gasteiger partial charge is 0.456 e. The van der Waals surface area contributed by atoms with Crippen molar-refractivity contribution in [3.8, 4) is 62.1 Å². The molecule has 0 saturated carbocycles. The van der Waals surface area contributed by atoms with E-state index >= 15 is 0 Å². The molecule has 5 nitrogen and oxygen atoms in total. The van der Waals surface area contributed by atoms with Crippen LogP contribution >= 0.6 is 0 Å². The fourth-order valence-corrected chi connectivity index (χ4v) is 7.89. The van der Waals surface area contributed by atoms with Gasteiger partial charge in [0.25, 0.3) is 0 Å². The number of para-hydroxylation sites is 1. The Kier molecular flexibility index (Phi) is 7.42. The monoisotopic (exact) mass is 716 g/mol. The molecule has 0 aliphatic rings. The van der Waals surface area contributed by atoms with Crippen molar-refractivity contribution in [2.24, 2.45) is 0 Å². The first-order valence-electron chi connectivity index (χ1n) is 18.8. The van der Waals surface area contributed by atoms with Gasteiger partial charge in [0.2, 0.25) is 5.95 Å².